The summed E-state index contributed by atoms with van der Waals surface area (Å²) in [5, 5.41) is 14.0. The lowest BCUT2D eigenvalue weighted by molar-refractivity contribution is -0.384. The molecule has 0 aliphatic carbocycles. The molecule has 26 heavy (non-hydrogen) atoms. The number of amides is 1. The van der Waals surface area contributed by atoms with Crippen LogP contribution in [0.1, 0.15) is 15.9 Å². The van der Waals surface area contributed by atoms with Gasteiger partial charge in [0.1, 0.15) is 5.69 Å². The number of nitrogens with one attached hydrogen (secondary N) is 1. The van der Waals surface area contributed by atoms with Crippen LogP contribution in [0.15, 0.2) is 36.4 Å². The van der Waals surface area contributed by atoms with Gasteiger partial charge in [0.2, 0.25) is 5.91 Å². The standard InChI is InChI=1S/C16H15F2N3O5/c1-25-14-6-9(2-5-13(14)26-16(17)18)8-20-11-4-3-10(15(19)22)7-12(11)21(23)24/h2-7,16,20H,8H2,1H3,(H2,19,22). The number of carbonyl (C=O) groups is 1. The van der Waals surface area contributed by atoms with Crippen LogP contribution in [0.2, 0.25) is 0 Å². The second-order valence-electron chi connectivity index (χ2n) is 5.07. The zero-order valence-corrected chi connectivity index (χ0v) is 13.6. The van der Waals surface area contributed by atoms with Gasteiger partial charge in [0, 0.05) is 18.2 Å². The highest BCUT2D eigenvalue weighted by Gasteiger charge is 2.17. The number of hydrogen-bond acceptors (Lipinski definition) is 6. The van der Waals surface area contributed by atoms with Crippen molar-refractivity contribution in [3.8, 4) is 11.5 Å². The highest BCUT2D eigenvalue weighted by atomic mass is 19.3. The van der Waals surface area contributed by atoms with Gasteiger partial charge < -0.3 is 20.5 Å². The lowest BCUT2D eigenvalue weighted by atomic mass is 10.1. The molecule has 0 saturated heterocycles. The van der Waals surface area contributed by atoms with Crippen molar-refractivity contribution >= 4 is 17.3 Å². The number of nitrogens with zero attached hydrogens (tertiary/aromatic N) is 1. The second kappa shape index (κ2) is 8.10. The largest absolute Gasteiger partial charge is 0.493 e. The van der Waals surface area contributed by atoms with Gasteiger partial charge in [0.05, 0.1) is 12.0 Å². The summed E-state index contributed by atoms with van der Waals surface area (Å²) in [5.41, 5.74) is 5.60. The molecule has 0 bridgehead atoms. The van der Waals surface area contributed by atoms with Crippen molar-refractivity contribution in [2.24, 2.45) is 5.73 Å². The number of halogens is 2. The van der Waals surface area contributed by atoms with E-state index in [9.17, 15) is 23.7 Å². The molecule has 0 radical (unpaired) electrons. The van der Waals surface area contributed by atoms with Crippen LogP contribution < -0.4 is 20.5 Å². The van der Waals surface area contributed by atoms with Crippen LogP contribution in [0.3, 0.4) is 0 Å². The van der Waals surface area contributed by atoms with Gasteiger partial charge in [0.15, 0.2) is 11.5 Å². The van der Waals surface area contributed by atoms with E-state index in [1.165, 1.54) is 37.4 Å². The predicted octanol–water partition coefficient (Wildman–Crippen LogP) is 2.92. The summed E-state index contributed by atoms with van der Waals surface area (Å²) in [5.74, 6) is -0.801. The molecule has 0 aromatic heterocycles. The number of rotatable bonds is 8. The summed E-state index contributed by atoms with van der Waals surface area (Å²) in [4.78, 5) is 21.7. The Balaban J connectivity index is 2.20. The summed E-state index contributed by atoms with van der Waals surface area (Å²) in [6, 6.07) is 8.09. The fraction of sp³-hybridized carbons (Fsp3) is 0.188. The van der Waals surface area contributed by atoms with E-state index in [1.54, 1.807) is 0 Å². The fourth-order valence-electron chi connectivity index (χ4n) is 2.20. The van der Waals surface area contributed by atoms with Crippen molar-refractivity contribution in [1.82, 2.24) is 0 Å². The van der Waals surface area contributed by atoms with Crippen LogP contribution in [0.25, 0.3) is 0 Å². The Morgan fingerprint density at radius 2 is 2.00 bits per heavy atom. The third kappa shape index (κ3) is 4.56. The number of nitro benzene ring substituents is 1. The molecule has 0 saturated carbocycles. The Kier molecular flexibility index (Phi) is 5.89. The Labute approximate surface area is 146 Å². The van der Waals surface area contributed by atoms with Crippen LogP contribution in [-0.4, -0.2) is 24.6 Å². The number of methoxy groups -OCH3 is 1. The quantitative estimate of drug-likeness (QED) is 0.547. The van der Waals surface area contributed by atoms with Crippen molar-refractivity contribution in [2.45, 2.75) is 13.2 Å². The number of hydrogen-bond donors (Lipinski definition) is 2. The zero-order valence-electron chi connectivity index (χ0n) is 13.6. The van der Waals surface area contributed by atoms with E-state index in [2.05, 4.69) is 10.1 Å². The number of ether oxygens (including phenoxy) is 2. The number of carbonyl (C=O) groups excluding carboxylic acids is 1. The van der Waals surface area contributed by atoms with Gasteiger partial charge in [-0.3, -0.25) is 14.9 Å². The van der Waals surface area contributed by atoms with Gasteiger partial charge in [-0.2, -0.15) is 8.78 Å². The van der Waals surface area contributed by atoms with Gasteiger partial charge in [-0.15, -0.1) is 0 Å². The molecule has 2 aromatic rings. The average Bonchev–Trinajstić information content (AvgIpc) is 2.60. The highest BCUT2D eigenvalue weighted by molar-refractivity contribution is 5.94. The molecule has 8 nitrogen and oxygen atoms in total. The first-order chi connectivity index (χ1) is 12.3. The number of nitro groups is 1. The molecule has 0 aliphatic rings. The molecule has 1 amide bonds. The summed E-state index contributed by atoms with van der Waals surface area (Å²) in [6.45, 7) is -2.85. The Morgan fingerprint density at radius 1 is 1.27 bits per heavy atom. The third-order valence-corrected chi connectivity index (χ3v) is 3.41. The van der Waals surface area contributed by atoms with E-state index in [4.69, 9.17) is 10.5 Å². The average molecular weight is 367 g/mol. The second-order valence-corrected chi connectivity index (χ2v) is 5.07. The van der Waals surface area contributed by atoms with Crippen molar-refractivity contribution < 1.29 is 28.0 Å². The predicted molar refractivity (Wildman–Crippen MR) is 88.6 cm³/mol. The van der Waals surface area contributed by atoms with Gasteiger partial charge in [0.25, 0.3) is 5.69 Å². The molecule has 0 spiro atoms. The minimum atomic E-state index is -2.99. The molecule has 138 valence electrons. The Hall–Kier alpha value is -3.43. The molecule has 0 fully saturated rings. The minimum absolute atomic E-state index is 0.0115. The molecule has 0 heterocycles. The Morgan fingerprint density at radius 3 is 2.58 bits per heavy atom. The van der Waals surface area contributed by atoms with Crippen LogP contribution in [0.5, 0.6) is 11.5 Å². The molecule has 2 rings (SSSR count). The first kappa shape index (κ1) is 18.9. The summed E-state index contributed by atoms with van der Waals surface area (Å²) >= 11 is 0. The molecule has 3 N–H and O–H groups in total. The van der Waals surface area contributed by atoms with Crippen molar-refractivity contribution in [1.29, 1.82) is 0 Å². The maximum absolute atomic E-state index is 12.3. The minimum Gasteiger partial charge on any atom is -0.493 e. The number of anilines is 1. The van der Waals surface area contributed by atoms with Gasteiger partial charge in [-0.05, 0) is 29.8 Å². The zero-order chi connectivity index (χ0) is 19.3. The lowest BCUT2D eigenvalue weighted by Crippen LogP contribution is -2.12. The van der Waals surface area contributed by atoms with Crippen molar-refractivity contribution in [3.63, 3.8) is 0 Å². The third-order valence-electron chi connectivity index (χ3n) is 3.41. The smallest absolute Gasteiger partial charge is 0.387 e. The number of primary amides is 1. The maximum atomic E-state index is 12.3. The SMILES string of the molecule is COc1cc(CNc2ccc(C(N)=O)cc2[N+](=O)[O-])ccc1OC(F)F. The number of alkyl halides is 2. The first-order valence-electron chi connectivity index (χ1n) is 7.25. The lowest BCUT2D eigenvalue weighted by Gasteiger charge is -2.12. The first-order valence-corrected chi connectivity index (χ1v) is 7.25. The van der Waals surface area contributed by atoms with E-state index >= 15 is 0 Å². The summed E-state index contributed by atoms with van der Waals surface area (Å²) < 4.78 is 34.0. The van der Waals surface area contributed by atoms with E-state index in [0.29, 0.717) is 5.56 Å². The van der Waals surface area contributed by atoms with E-state index < -0.39 is 17.4 Å². The molecule has 0 unspecified atom stereocenters. The number of nitrogens with two attached hydrogens (primary N) is 1. The van der Waals surface area contributed by atoms with Crippen LogP contribution in [0.4, 0.5) is 20.2 Å². The normalized spacial score (nSPS) is 10.5. The van der Waals surface area contributed by atoms with Gasteiger partial charge in [-0.25, -0.2) is 0 Å². The van der Waals surface area contributed by atoms with E-state index in [-0.39, 0.29) is 35.0 Å². The molecule has 10 heteroatoms. The van der Waals surface area contributed by atoms with Crippen molar-refractivity contribution in [2.75, 3.05) is 12.4 Å². The van der Waals surface area contributed by atoms with Gasteiger partial charge >= 0.3 is 6.61 Å². The van der Waals surface area contributed by atoms with Gasteiger partial charge in [-0.1, -0.05) is 6.07 Å². The fourth-order valence-corrected chi connectivity index (χ4v) is 2.20. The van der Waals surface area contributed by atoms with E-state index in [1.807, 2.05) is 0 Å². The molecular formula is C16H15F2N3O5. The molecule has 0 atom stereocenters. The molecule has 0 aliphatic heterocycles. The topological polar surface area (TPSA) is 117 Å². The van der Waals surface area contributed by atoms with Crippen LogP contribution in [-0.2, 0) is 6.54 Å². The van der Waals surface area contributed by atoms with Crippen molar-refractivity contribution in [3.05, 3.63) is 57.6 Å². The highest BCUT2D eigenvalue weighted by Crippen LogP contribution is 2.31. The van der Waals surface area contributed by atoms with Crippen LogP contribution in [0, 0.1) is 10.1 Å². The number of benzene rings is 2. The van der Waals surface area contributed by atoms with E-state index in [0.717, 1.165) is 6.07 Å². The Bertz CT molecular complexity index is 830. The molecular weight excluding hydrogens is 352 g/mol. The monoisotopic (exact) mass is 367 g/mol. The van der Waals surface area contributed by atoms with Crippen LogP contribution >= 0.6 is 0 Å². The molecule has 2 aromatic carbocycles. The summed E-state index contributed by atoms with van der Waals surface area (Å²) in [7, 11) is 1.30. The maximum Gasteiger partial charge on any atom is 0.387 e. The summed E-state index contributed by atoms with van der Waals surface area (Å²) in [6.07, 6.45) is 0.